The van der Waals surface area contributed by atoms with Crippen molar-refractivity contribution in [3.63, 3.8) is 0 Å². The normalized spacial score (nSPS) is 16.5. The van der Waals surface area contributed by atoms with Crippen molar-refractivity contribution in [3.05, 3.63) is 65.0 Å². The highest BCUT2D eigenvalue weighted by molar-refractivity contribution is 5.94. The fourth-order valence-corrected chi connectivity index (χ4v) is 2.98. The summed E-state index contributed by atoms with van der Waals surface area (Å²) in [7, 11) is 0. The third kappa shape index (κ3) is 3.15. The molecule has 1 amide bonds. The van der Waals surface area contributed by atoms with Gasteiger partial charge in [-0.15, -0.1) is 0 Å². The summed E-state index contributed by atoms with van der Waals surface area (Å²) in [4.78, 5) is 18.6. The van der Waals surface area contributed by atoms with Gasteiger partial charge >= 0.3 is 0 Å². The van der Waals surface area contributed by atoms with Crippen LogP contribution in [0, 0.1) is 18.3 Å². The number of aliphatic hydroxyl groups is 1. The maximum absolute atomic E-state index is 12.6. The van der Waals surface area contributed by atoms with E-state index in [1.54, 1.807) is 35.4 Å². The number of hydrogen-bond acceptors (Lipinski definition) is 4. The molecule has 1 aliphatic rings. The number of nitriles is 1. The number of benzene rings is 1. The number of aryl methyl sites for hydroxylation is 1. The van der Waals surface area contributed by atoms with E-state index in [2.05, 4.69) is 4.98 Å². The average Bonchev–Trinajstić information content (AvgIpc) is 2.62. The van der Waals surface area contributed by atoms with Crippen LogP contribution in [0.15, 0.2) is 42.6 Å². The van der Waals surface area contributed by atoms with E-state index in [1.165, 1.54) is 0 Å². The Bertz CT molecular complexity index is 785. The second kappa shape index (κ2) is 6.42. The smallest absolute Gasteiger partial charge is 0.253 e. The Morgan fingerprint density at radius 2 is 2.04 bits per heavy atom. The predicted octanol–water partition coefficient (Wildman–Crippen LogP) is 2.39. The van der Waals surface area contributed by atoms with Gasteiger partial charge in [0.15, 0.2) is 0 Å². The van der Waals surface area contributed by atoms with Gasteiger partial charge in [0.25, 0.3) is 5.91 Å². The molecule has 1 aromatic carbocycles. The molecular weight excluding hydrogens is 302 g/mol. The molecule has 5 nitrogen and oxygen atoms in total. The highest BCUT2D eigenvalue weighted by Crippen LogP contribution is 2.32. The molecule has 0 aliphatic carbocycles. The molecule has 2 heterocycles. The number of aromatic nitrogens is 1. The first-order valence-electron chi connectivity index (χ1n) is 7.97. The molecule has 0 radical (unpaired) electrons. The Morgan fingerprint density at radius 3 is 2.67 bits per heavy atom. The van der Waals surface area contributed by atoms with Crippen LogP contribution in [0.3, 0.4) is 0 Å². The van der Waals surface area contributed by atoms with E-state index in [0.29, 0.717) is 42.8 Å². The molecule has 1 fully saturated rings. The topological polar surface area (TPSA) is 77.2 Å². The number of nitrogens with zero attached hydrogens (tertiary/aromatic N) is 3. The molecule has 1 aromatic heterocycles. The van der Waals surface area contributed by atoms with Crippen LogP contribution >= 0.6 is 0 Å². The van der Waals surface area contributed by atoms with E-state index < -0.39 is 5.60 Å². The number of rotatable bonds is 2. The maximum atomic E-state index is 12.6. The van der Waals surface area contributed by atoms with Gasteiger partial charge in [-0.2, -0.15) is 5.26 Å². The number of pyridine rings is 1. The molecule has 24 heavy (non-hydrogen) atoms. The summed E-state index contributed by atoms with van der Waals surface area (Å²) in [5, 5.41) is 19.8. The van der Waals surface area contributed by atoms with E-state index in [0.717, 1.165) is 5.56 Å². The van der Waals surface area contributed by atoms with Crippen molar-refractivity contribution in [2.75, 3.05) is 13.1 Å². The monoisotopic (exact) mass is 321 g/mol. The Morgan fingerprint density at radius 1 is 1.29 bits per heavy atom. The van der Waals surface area contributed by atoms with Gasteiger partial charge < -0.3 is 10.0 Å². The van der Waals surface area contributed by atoms with E-state index >= 15 is 0 Å². The minimum absolute atomic E-state index is 0.106. The summed E-state index contributed by atoms with van der Waals surface area (Å²) in [6, 6.07) is 12.5. The van der Waals surface area contributed by atoms with Crippen LogP contribution in [-0.4, -0.2) is 34.0 Å². The highest BCUT2D eigenvalue weighted by atomic mass is 16.3. The molecule has 3 rings (SSSR count). The number of amides is 1. The Hall–Kier alpha value is -2.71. The molecule has 122 valence electrons. The lowest BCUT2D eigenvalue weighted by molar-refractivity contribution is -0.0244. The number of hydrogen-bond donors (Lipinski definition) is 1. The molecule has 1 N–H and O–H groups in total. The van der Waals surface area contributed by atoms with E-state index in [-0.39, 0.29) is 5.91 Å². The van der Waals surface area contributed by atoms with Crippen molar-refractivity contribution < 1.29 is 9.90 Å². The molecule has 5 heteroatoms. The van der Waals surface area contributed by atoms with E-state index in [1.807, 2.05) is 25.1 Å². The zero-order chi connectivity index (χ0) is 17.2. The van der Waals surface area contributed by atoms with Crippen LogP contribution in [0.2, 0.25) is 0 Å². The Kier molecular flexibility index (Phi) is 4.32. The number of carbonyl (C=O) groups excluding carboxylic acids is 1. The fourth-order valence-electron chi connectivity index (χ4n) is 2.98. The van der Waals surface area contributed by atoms with Crippen molar-refractivity contribution in [1.29, 1.82) is 5.26 Å². The standard InChI is InChI=1S/C19H19N3O2/c1-14-5-6-17(21-13-14)19(24)7-9-22(10-8-19)18(23)16-4-2-3-15(11-16)12-20/h2-6,11,13,24H,7-10H2,1H3. The van der Waals surface area contributed by atoms with Crippen LogP contribution in [0.5, 0.6) is 0 Å². The van der Waals surface area contributed by atoms with Gasteiger partial charge in [0.2, 0.25) is 0 Å². The lowest BCUT2D eigenvalue weighted by Gasteiger charge is -2.37. The van der Waals surface area contributed by atoms with Crippen molar-refractivity contribution >= 4 is 5.91 Å². The Balaban J connectivity index is 1.71. The van der Waals surface area contributed by atoms with Gasteiger partial charge in [-0.1, -0.05) is 12.1 Å². The van der Waals surface area contributed by atoms with Crippen molar-refractivity contribution in [2.45, 2.75) is 25.4 Å². The summed E-state index contributed by atoms with van der Waals surface area (Å²) in [6.45, 7) is 2.88. The summed E-state index contributed by atoms with van der Waals surface area (Å²) >= 11 is 0. The van der Waals surface area contributed by atoms with E-state index in [4.69, 9.17) is 5.26 Å². The minimum Gasteiger partial charge on any atom is -0.383 e. The highest BCUT2D eigenvalue weighted by Gasteiger charge is 2.36. The molecular formula is C19H19N3O2. The molecule has 0 spiro atoms. The predicted molar refractivity (Wildman–Crippen MR) is 89.2 cm³/mol. The van der Waals surface area contributed by atoms with Gasteiger partial charge in [0, 0.05) is 24.8 Å². The first kappa shape index (κ1) is 16.2. The largest absolute Gasteiger partial charge is 0.383 e. The van der Waals surface area contributed by atoms with Crippen LogP contribution < -0.4 is 0 Å². The third-order valence-electron chi connectivity index (χ3n) is 4.50. The summed E-state index contributed by atoms with van der Waals surface area (Å²) in [6.07, 6.45) is 2.65. The Labute approximate surface area is 141 Å². The molecule has 2 aromatic rings. The van der Waals surface area contributed by atoms with E-state index in [9.17, 15) is 9.90 Å². The van der Waals surface area contributed by atoms with Crippen molar-refractivity contribution in [3.8, 4) is 6.07 Å². The zero-order valence-corrected chi connectivity index (χ0v) is 13.6. The second-order valence-electron chi connectivity index (χ2n) is 6.24. The molecule has 0 unspecified atom stereocenters. The minimum atomic E-state index is -0.987. The molecule has 1 saturated heterocycles. The molecule has 0 bridgehead atoms. The van der Waals surface area contributed by atoms with Gasteiger partial charge in [-0.25, -0.2) is 0 Å². The number of piperidine rings is 1. The zero-order valence-electron chi connectivity index (χ0n) is 13.6. The lowest BCUT2D eigenvalue weighted by Crippen LogP contribution is -2.45. The summed E-state index contributed by atoms with van der Waals surface area (Å²) in [5.74, 6) is -0.106. The second-order valence-corrected chi connectivity index (χ2v) is 6.24. The SMILES string of the molecule is Cc1ccc(C2(O)CCN(C(=O)c3cccc(C#N)c3)CC2)nc1. The van der Waals surface area contributed by atoms with Gasteiger partial charge in [0.1, 0.15) is 5.60 Å². The summed E-state index contributed by atoms with van der Waals surface area (Å²) < 4.78 is 0. The van der Waals surface area contributed by atoms with Crippen molar-refractivity contribution in [2.24, 2.45) is 0 Å². The van der Waals surface area contributed by atoms with Gasteiger partial charge in [-0.3, -0.25) is 9.78 Å². The van der Waals surface area contributed by atoms with Crippen molar-refractivity contribution in [1.82, 2.24) is 9.88 Å². The third-order valence-corrected chi connectivity index (χ3v) is 4.50. The molecule has 0 saturated carbocycles. The van der Waals surface area contributed by atoms with Gasteiger partial charge in [-0.05, 0) is 49.6 Å². The number of carbonyl (C=O) groups is 1. The van der Waals surface area contributed by atoms with Crippen LogP contribution in [0.4, 0.5) is 0 Å². The van der Waals surface area contributed by atoms with Crippen LogP contribution in [-0.2, 0) is 5.60 Å². The fraction of sp³-hybridized carbons (Fsp3) is 0.316. The average molecular weight is 321 g/mol. The quantitative estimate of drug-likeness (QED) is 0.921. The lowest BCUT2D eigenvalue weighted by atomic mass is 9.87. The first-order valence-corrected chi connectivity index (χ1v) is 7.97. The first-order chi connectivity index (χ1) is 11.5. The molecule has 1 aliphatic heterocycles. The summed E-state index contributed by atoms with van der Waals surface area (Å²) in [5.41, 5.74) is 1.70. The van der Waals surface area contributed by atoms with Crippen LogP contribution in [0.1, 0.15) is 40.0 Å². The van der Waals surface area contributed by atoms with Gasteiger partial charge in [0.05, 0.1) is 17.3 Å². The van der Waals surface area contributed by atoms with Crippen LogP contribution in [0.25, 0.3) is 0 Å². The number of likely N-dealkylation sites (tertiary alicyclic amines) is 1. The molecule has 0 atom stereocenters. The maximum Gasteiger partial charge on any atom is 0.253 e.